The maximum Gasteiger partial charge on any atom is 0.246 e. The van der Waals surface area contributed by atoms with E-state index in [1.807, 2.05) is 6.92 Å². The molecule has 1 aliphatic heterocycles. The minimum atomic E-state index is -3.68. The van der Waals surface area contributed by atoms with Gasteiger partial charge < -0.3 is 5.32 Å². The first kappa shape index (κ1) is 15.5. The lowest BCUT2D eigenvalue weighted by Gasteiger charge is -2.33. The van der Waals surface area contributed by atoms with Gasteiger partial charge in [-0.2, -0.15) is 4.31 Å². The lowest BCUT2D eigenvalue weighted by atomic mass is 10.3. The smallest absolute Gasteiger partial charge is 0.246 e. The predicted molar refractivity (Wildman–Crippen MR) is 80.4 cm³/mol. The van der Waals surface area contributed by atoms with Gasteiger partial charge >= 0.3 is 0 Å². The number of rotatable bonds is 2. The Labute approximate surface area is 131 Å². The first-order valence-corrected chi connectivity index (χ1v) is 8.70. The van der Waals surface area contributed by atoms with Crippen LogP contribution in [-0.2, 0) is 10.0 Å². The van der Waals surface area contributed by atoms with Crippen LogP contribution in [0.5, 0.6) is 0 Å². The largest absolute Gasteiger partial charge is 0.314 e. The summed E-state index contributed by atoms with van der Waals surface area (Å²) < 4.78 is 27.4. The molecule has 0 radical (unpaired) electrons. The molecule has 1 heterocycles. The second-order valence-electron chi connectivity index (χ2n) is 4.37. The quantitative estimate of drug-likeness (QED) is 0.848. The molecule has 0 bridgehead atoms. The molecule has 1 saturated heterocycles. The van der Waals surface area contributed by atoms with Crippen LogP contribution in [0, 0.1) is 0 Å². The Balaban J connectivity index is 2.50. The van der Waals surface area contributed by atoms with Crippen LogP contribution in [0.1, 0.15) is 6.92 Å². The zero-order valence-corrected chi connectivity index (χ0v) is 14.1. The predicted octanol–water partition coefficient (Wildman–Crippen LogP) is 2.74. The molecule has 0 aromatic heterocycles. The van der Waals surface area contributed by atoms with E-state index in [0.29, 0.717) is 24.1 Å². The molecule has 2 rings (SSSR count). The van der Waals surface area contributed by atoms with Crippen molar-refractivity contribution in [2.75, 3.05) is 19.6 Å². The van der Waals surface area contributed by atoms with Gasteiger partial charge in [0, 0.05) is 30.1 Å². The number of hydrogen-bond donors (Lipinski definition) is 1. The van der Waals surface area contributed by atoms with Gasteiger partial charge in [-0.3, -0.25) is 0 Å². The van der Waals surface area contributed by atoms with Crippen molar-refractivity contribution in [3.8, 4) is 0 Å². The summed E-state index contributed by atoms with van der Waals surface area (Å²) in [4.78, 5) is -0.0206. The molecule has 106 valence electrons. The van der Waals surface area contributed by atoms with Crippen LogP contribution in [0.25, 0.3) is 0 Å². The first-order valence-electron chi connectivity index (χ1n) is 5.71. The van der Waals surface area contributed by atoms with Crippen LogP contribution in [0.3, 0.4) is 0 Å². The highest BCUT2D eigenvalue weighted by Crippen LogP contribution is 2.35. The summed E-state index contributed by atoms with van der Waals surface area (Å²) in [6, 6.07) is 2.94. The Morgan fingerprint density at radius 3 is 2.47 bits per heavy atom. The van der Waals surface area contributed by atoms with E-state index in [1.165, 1.54) is 16.4 Å². The number of sulfonamides is 1. The maximum atomic E-state index is 12.7. The normalized spacial score (nSPS) is 21.6. The first-order chi connectivity index (χ1) is 8.84. The molecule has 4 nitrogen and oxygen atoms in total. The highest BCUT2D eigenvalue weighted by Gasteiger charge is 2.34. The molecule has 0 amide bonds. The molecule has 1 atom stereocenters. The SMILES string of the molecule is C[C@@H]1CNCCN1S(=O)(=O)c1c(Cl)cc(Br)cc1Cl. The van der Waals surface area contributed by atoms with Gasteiger partial charge in [-0.25, -0.2) is 8.42 Å². The van der Waals surface area contributed by atoms with Crippen molar-refractivity contribution >= 4 is 49.2 Å². The molecule has 1 aliphatic rings. The van der Waals surface area contributed by atoms with Crippen molar-refractivity contribution in [3.05, 3.63) is 26.7 Å². The number of piperazine rings is 1. The van der Waals surface area contributed by atoms with Gasteiger partial charge in [0.1, 0.15) is 4.90 Å². The van der Waals surface area contributed by atoms with Crippen LogP contribution in [0.4, 0.5) is 0 Å². The average Bonchev–Trinajstić information content (AvgIpc) is 2.27. The molecule has 1 aromatic carbocycles. The number of nitrogens with one attached hydrogen (secondary N) is 1. The molecule has 0 unspecified atom stereocenters. The van der Waals surface area contributed by atoms with E-state index in [0.717, 1.165) is 0 Å². The molecule has 1 aromatic rings. The van der Waals surface area contributed by atoms with Crippen molar-refractivity contribution in [2.24, 2.45) is 0 Å². The average molecular weight is 388 g/mol. The summed E-state index contributed by atoms with van der Waals surface area (Å²) in [5.74, 6) is 0. The van der Waals surface area contributed by atoms with E-state index in [1.54, 1.807) is 0 Å². The number of halogens is 3. The van der Waals surface area contributed by atoms with Gasteiger partial charge in [0.05, 0.1) is 10.0 Å². The van der Waals surface area contributed by atoms with Crippen molar-refractivity contribution in [3.63, 3.8) is 0 Å². The third kappa shape index (κ3) is 3.09. The monoisotopic (exact) mass is 386 g/mol. The Morgan fingerprint density at radius 2 is 1.95 bits per heavy atom. The number of hydrogen-bond acceptors (Lipinski definition) is 3. The Hall–Kier alpha value is 0.150. The van der Waals surface area contributed by atoms with Crippen LogP contribution >= 0.6 is 39.1 Å². The van der Waals surface area contributed by atoms with Gasteiger partial charge in [0.15, 0.2) is 0 Å². The molecule has 0 aliphatic carbocycles. The highest BCUT2D eigenvalue weighted by atomic mass is 79.9. The summed E-state index contributed by atoms with van der Waals surface area (Å²) >= 11 is 15.3. The minimum absolute atomic E-state index is 0.0206. The van der Waals surface area contributed by atoms with Gasteiger partial charge in [0.2, 0.25) is 10.0 Å². The lowest BCUT2D eigenvalue weighted by molar-refractivity contribution is 0.284. The van der Waals surface area contributed by atoms with Crippen LogP contribution < -0.4 is 5.32 Å². The molecular formula is C11H13BrCl2N2O2S. The fourth-order valence-corrected chi connectivity index (χ4v) is 5.59. The maximum absolute atomic E-state index is 12.7. The van der Waals surface area contributed by atoms with E-state index in [-0.39, 0.29) is 21.0 Å². The molecule has 8 heteroatoms. The van der Waals surface area contributed by atoms with Gasteiger partial charge in [0.25, 0.3) is 0 Å². The van der Waals surface area contributed by atoms with Crippen molar-refractivity contribution in [1.82, 2.24) is 9.62 Å². The zero-order chi connectivity index (χ0) is 14.2. The lowest BCUT2D eigenvalue weighted by Crippen LogP contribution is -2.52. The highest BCUT2D eigenvalue weighted by molar-refractivity contribution is 9.10. The second-order valence-corrected chi connectivity index (χ2v) is 7.92. The Bertz CT molecular complexity index is 571. The fraction of sp³-hybridized carbons (Fsp3) is 0.455. The van der Waals surface area contributed by atoms with Gasteiger partial charge in [-0.05, 0) is 19.1 Å². The van der Waals surface area contributed by atoms with Gasteiger partial charge in [-0.15, -0.1) is 0 Å². The van der Waals surface area contributed by atoms with Crippen LogP contribution in [0.2, 0.25) is 10.0 Å². The molecule has 0 spiro atoms. The van der Waals surface area contributed by atoms with Crippen molar-refractivity contribution in [1.29, 1.82) is 0 Å². The van der Waals surface area contributed by atoms with E-state index in [2.05, 4.69) is 21.2 Å². The van der Waals surface area contributed by atoms with Gasteiger partial charge in [-0.1, -0.05) is 39.1 Å². The summed E-state index contributed by atoms with van der Waals surface area (Å²) in [7, 11) is -3.68. The molecule has 0 saturated carbocycles. The number of benzene rings is 1. The zero-order valence-electron chi connectivity index (χ0n) is 10.2. The van der Waals surface area contributed by atoms with Crippen molar-refractivity contribution < 1.29 is 8.42 Å². The minimum Gasteiger partial charge on any atom is -0.314 e. The van der Waals surface area contributed by atoms with E-state index >= 15 is 0 Å². The van der Waals surface area contributed by atoms with Crippen LogP contribution in [-0.4, -0.2) is 38.4 Å². The Kier molecular flexibility index (Phi) is 4.80. The van der Waals surface area contributed by atoms with E-state index < -0.39 is 10.0 Å². The topological polar surface area (TPSA) is 49.4 Å². The standard InChI is InChI=1S/C11H13BrCl2N2O2S/c1-7-6-15-2-3-16(7)19(17,18)11-9(13)4-8(12)5-10(11)14/h4-5,7,15H,2-3,6H2,1H3/t7-/m1/s1. The molecule has 19 heavy (non-hydrogen) atoms. The molecule has 1 N–H and O–H groups in total. The van der Waals surface area contributed by atoms with Crippen LogP contribution in [0.15, 0.2) is 21.5 Å². The summed E-state index contributed by atoms with van der Waals surface area (Å²) in [5.41, 5.74) is 0. The number of nitrogens with zero attached hydrogens (tertiary/aromatic N) is 1. The van der Waals surface area contributed by atoms with Crippen molar-refractivity contribution in [2.45, 2.75) is 17.9 Å². The molecular weight excluding hydrogens is 375 g/mol. The van der Waals surface area contributed by atoms with E-state index in [9.17, 15) is 8.42 Å². The Morgan fingerprint density at radius 1 is 1.37 bits per heavy atom. The summed E-state index contributed by atoms with van der Waals surface area (Å²) in [5, 5.41) is 3.41. The van der Waals surface area contributed by atoms with E-state index in [4.69, 9.17) is 23.2 Å². The third-order valence-electron chi connectivity index (χ3n) is 2.97. The third-order valence-corrected chi connectivity index (χ3v) is 6.36. The fourth-order valence-electron chi connectivity index (χ4n) is 2.07. The summed E-state index contributed by atoms with van der Waals surface area (Å²) in [6.45, 7) is 3.50. The second kappa shape index (κ2) is 5.87. The summed E-state index contributed by atoms with van der Waals surface area (Å²) in [6.07, 6.45) is 0. The molecule has 1 fully saturated rings.